The maximum atomic E-state index is 5.54. The Morgan fingerprint density at radius 2 is 2.38 bits per heavy atom. The summed E-state index contributed by atoms with van der Waals surface area (Å²) in [5, 5.41) is 3.08. The van der Waals surface area contributed by atoms with Gasteiger partial charge in [0.25, 0.3) is 6.01 Å². The number of oxazole rings is 1. The van der Waals surface area contributed by atoms with E-state index in [-0.39, 0.29) is 0 Å². The quantitative estimate of drug-likeness (QED) is 0.851. The highest BCUT2D eigenvalue weighted by Gasteiger charge is 2.25. The molecule has 4 heteroatoms. The van der Waals surface area contributed by atoms with Crippen molar-refractivity contribution in [2.75, 3.05) is 18.5 Å². The number of nitrogens with zero attached hydrogens (tertiary/aromatic N) is 2. The fourth-order valence-electron chi connectivity index (χ4n) is 2.38. The first-order chi connectivity index (χ1) is 7.70. The molecule has 0 aromatic carbocycles. The maximum Gasteiger partial charge on any atom is 0.297 e. The third kappa shape index (κ3) is 2.38. The Morgan fingerprint density at radius 1 is 1.56 bits per heavy atom. The monoisotopic (exact) mass is 223 g/mol. The third-order valence-electron chi connectivity index (χ3n) is 3.28. The zero-order chi connectivity index (χ0) is 11.5. The van der Waals surface area contributed by atoms with Crippen molar-refractivity contribution in [2.24, 2.45) is 5.92 Å². The first-order valence-electron chi connectivity index (χ1n) is 6.06. The van der Waals surface area contributed by atoms with Gasteiger partial charge in [0.15, 0.2) is 0 Å². The van der Waals surface area contributed by atoms with E-state index in [1.165, 1.54) is 12.8 Å². The van der Waals surface area contributed by atoms with Crippen LogP contribution in [0.3, 0.4) is 0 Å². The molecule has 1 aromatic heterocycles. The molecule has 1 aromatic rings. The van der Waals surface area contributed by atoms with E-state index in [1.54, 1.807) is 6.26 Å². The molecule has 0 bridgehead atoms. The van der Waals surface area contributed by atoms with Gasteiger partial charge in [-0.05, 0) is 32.7 Å². The van der Waals surface area contributed by atoms with E-state index < -0.39 is 0 Å². The lowest BCUT2D eigenvalue weighted by molar-refractivity contribution is 0.357. The highest BCUT2D eigenvalue weighted by Crippen LogP contribution is 2.26. The lowest BCUT2D eigenvalue weighted by atomic mass is 9.94. The number of aromatic nitrogens is 1. The van der Waals surface area contributed by atoms with E-state index in [1.807, 2.05) is 7.05 Å². The molecule has 0 spiro atoms. The molecule has 1 fully saturated rings. The summed E-state index contributed by atoms with van der Waals surface area (Å²) in [5.41, 5.74) is 0.975. The van der Waals surface area contributed by atoms with Crippen molar-refractivity contribution in [3.8, 4) is 0 Å². The van der Waals surface area contributed by atoms with Crippen molar-refractivity contribution >= 4 is 6.01 Å². The molecule has 90 valence electrons. The van der Waals surface area contributed by atoms with Gasteiger partial charge in [0, 0.05) is 19.1 Å². The van der Waals surface area contributed by atoms with Gasteiger partial charge in [-0.1, -0.05) is 6.92 Å². The van der Waals surface area contributed by atoms with Crippen LogP contribution in [-0.4, -0.2) is 24.6 Å². The number of hydrogen-bond acceptors (Lipinski definition) is 4. The van der Waals surface area contributed by atoms with E-state index in [0.29, 0.717) is 6.04 Å². The van der Waals surface area contributed by atoms with Crippen molar-refractivity contribution in [3.63, 3.8) is 0 Å². The van der Waals surface area contributed by atoms with Gasteiger partial charge < -0.3 is 14.6 Å². The first-order valence-corrected chi connectivity index (χ1v) is 6.06. The number of nitrogens with one attached hydrogen (secondary N) is 1. The number of anilines is 1. The highest BCUT2D eigenvalue weighted by atomic mass is 16.4. The first kappa shape index (κ1) is 11.5. The van der Waals surface area contributed by atoms with Crippen LogP contribution < -0.4 is 10.2 Å². The molecule has 2 heterocycles. The van der Waals surface area contributed by atoms with E-state index in [2.05, 4.69) is 29.0 Å². The Balaban J connectivity index is 2.05. The van der Waals surface area contributed by atoms with Crippen molar-refractivity contribution in [1.82, 2.24) is 10.3 Å². The summed E-state index contributed by atoms with van der Waals surface area (Å²) < 4.78 is 5.54. The van der Waals surface area contributed by atoms with Crippen LogP contribution in [0, 0.1) is 5.92 Å². The molecule has 4 nitrogen and oxygen atoms in total. The fraction of sp³-hybridized carbons (Fsp3) is 0.750. The van der Waals surface area contributed by atoms with Gasteiger partial charge in [-0.3, -0.25) is 0 Å². The Kier molecular flexibility index (Phi) is 3.49. The van der Waals surface area contributed by atoms with Crippen LogP contribution in [0.2, 0.25) is 0 Å². The molecule has 1 saturated heterocycles. The Bertz CT molecular complexity index is 337. The molecule has 2 rings (SSSR count). The second kappa shape index (κ2) is 4.87. The summed E-state index contributed by atoms with van der Waals surface area (Å²) in [6.07, 6.45) is 4.20. The van der Waals surface area contributed by atoms with Crippen LogP contribution in [0.4, 0.5) is 6.01 Å². The Hall–Kier alpha value is -1.03. The number of rotatable bonds is 3. The van der Waals surface area contributed by atoms with E-state index in [9.17, 15) is 0 Å². The summed E-state index contributed by atoms with van der Waals surface area (Å²) >= 11 is 0. The number of piperidine rings is 1. The van der Waals surface area contributed by atoms with E-state index in [4.69, 9.17) is 4.42 Å². The average Bonchev–Trinajstić information content (AvgIpc) is 2.67. The Labute approximate surface area is 97.0 Å². The fourth-order valence-corrected chi connectivity index (χ4v) is 2.38. The summed E-state index contributed by atoms with van der Waals surface area (Å²) in [6, 6.07) is 1.31. The second-order valence-electron chi connectivity index (χ2n) is 4.82. The standard InChI is InChI=1S/C12H21N3O/c1-9-4-5-15(10(2)6-9)12-14-11(7-13-3)8-16-12/h8-10,13H,4-7H2,1-3H3. The normalized spacial score (nSPS) is 26.1. The number of hydrogen-bond donors (Lipinski definition) is 1. The maximum absolute atomic E-state index is 5.54. The van der Waals surface area contributed by atoms with Crippen LogP contribution in [0.25, 0.3) is 0 Å². The molecule has 2 unspecified atom stereocenters. The predicted octanol–water partition coefficient (Wildman–Crippen LogP) is 2.02. The topological polar surface area (TPSA) is 41.3 Å². The van der Waals surface area contributed by atoms with Crippen LogP contribution in [-0.2, 0) is 6.54 Å². The molecule has 0 radical (unpaired) electrons. The van der Waals surface area contributed by atoms with Gasteiger partial charge >= 0.3 is 0 Å². The lowest BCUT2D eigenvalue weighted by Crippen LogP contribution is -2.40. The van der Waals surface area contributed by atoms with Crippen LogP contribution in [0.5, 0.6) is 0 Å². The average molecular weight is 223 g/mol. The molecule has 2 atom stereocenters. The van der Waals surface area contributed by atoms with Crippen molar-refractivity contribution < 1.29 is 4.42 Å². The summed E-state index contributed by atoms with van der Waals surface area (Å²) in [7, 11) is 1.92. The minimum Gasteiger partial charge on any atom is -0.432 e. The van der Waals surface area contributed by atoms with E-state index in [0.717, 1.165) is 30.7 Å². The smallest absolute Gasteiger partial charge is 0.297 e. The van der Waals surface area contributed by atoms with Gasteiger partial charge in [-0.25, -0.2) is 0 Å². The zero-order valence-corrected chi connectivity index (χ0v) is 10.4. The van der Waals surface area contributed by atoms with Gasteiger partial charge in [-0.15, -0.1) is 0 Å². The molecule has 0 amide bonds. The zero-order valence-electron chi connectivity index (χ0n) is 10.4. The largest absolute Gasteiger partial charge is 0.432 e. The molecular formula is C12H21N3O. The summed E-state index contributed by atoms with van der Waals surface area (Å²) in [4.78, 5) is 6.77. The van der Waals surface area contributed by atoms with E-state index >= 15 is 0 Å². The molecule has 0 saturated carbocycles. The molecule has 16 heavy (non-hydrogen) atoms. The third-order valence-corrected chi connectivity index (χ3v) is 3.28. The van der Waals surface area contributed by atoms with Crippen LogP contribution in [0.15, 0.2) is 10.7 Å². The van der Waals surface area contributed by atoms with Crippen LogP contribution >= 0.6 is 0 Å². The van der Waals surface area contributed by atoms with Crippen molar-refractivity contribution in [3.05, 3.63) is 12.0 Å². The summed E-state index contributed by atoms with van der Waals surface area (Å²) in [5.74, 6) is 0.818. The van der Waals surface area contributed by atoms with Crippen LogP contribution in [0.1, 0.15) is 32.4 Å². The SMILES string of the molecule is CNCc1coc(N2CCC(C)CC2C)n1. The van der Waals surface area contributed by atoms with Gasteiger partial charge in [0.2, 0.25) is 0 Å². The van der Waals surface area contributed by atoms with Gasteiger partial charge in [0.1, 0.15) is 6.26 Å². The van der Waals surface area contributed by atoms with Gasteiger partial charge in [0.05, 0.1) is 5.69 Å². The van der Waals surface area contributed by atoms with Gasteiger partial charge in [-0.2, -0.15) is 4.98 Å². The molecule has 1 N–H and O–H groups in total. The highest BCUT2D eigenvalue weighted by molar-refractivity contribution is 5.29. The molecule has 0 aliphatic carbocycles. The second-order valence-corrected chi connectivity index (χ2v) is 4.82. The molecular weight excluding hydrogens is 202 g/mol. The summed E-state index contributed by atoms with van der Waals surface area (Å²) in [6.45, 7) is 6.39. The minimum absolute atomic E-state index is 0.532. The predicted molar refractivity (Wildman–Crippen MR) is 64.5 cm³/mol. The molecule has 1 aliphatic rings. The van der Waals surface area contributed by atoms with Crippen molar-refractivity contribution in [2.45, 2.75) is 39.3 Å². The minimum atomic E-state index is 0.532. The van der Waals surface area contributed by atoms with Crippen molar-refractivity contribution in [1.29, 1.82) is 0 Å². The molecule has 1 aliphatic heterocycles. The lowest BCUT2D eigenvalue weighted by Gasteiger charge is -2.35. The Morgan fingerprint density at radius 3 is 3.06 bits per heavy atom.